The lowest BCUT2D eigenvalue weighted by atomic mass is 10.2. The molecule has 0 bridgehead atoms. The number of pyridine rings is 1. The highest BCUT2D eigenvalue weighted by molar-refractivity contribution is 9.10. The molecule has 1 atom stereocenters. The summed E-state index contributed by atoms with van der Waals surface area (Å²) in [6.45, 7) is 1.79. The lowest BCUT2D eigenvalue weighted by molar-refractivity contribution is 0.327. The minimum atomic E-state index is -3.95. The van der Waals surface area contributed by atoms with Crippen molar-refractivity contribution in [1.82, 2.24) is 9.29 Å². The molecule has 1 aromatic carbocycles. The average molecular weight is 399 g/mol. The van der Waals surface area contributed by atoms with Gasteiger partial charge < -0.3 is 0 Å². The molecule has 0 amide bonds. The van der Waals surface area contributed by atoms with Crippen LogP contribution in [0, 0.1) is 5.82 Å². The van der Waals surface area contributed by atoms with Gasteiger partial charge in [-0.05, 0) is 50.1 Å². The van der Waals surface area contributed by atoms with E-state index in [1.165, 1.54) is 16.4 Å². The highest BCUT2D eigenvalue weighted by Crippen LogP contribution is 2.39. The Morgan fingerprint density at radius 1 is 1.30 bits per heavy atom. The summed E-state index contributed by atoms with van der Waals surface area (Å²) in [5.74, 6) is -0.743. The van der Waals surface area contributed by atoms with Crippen LogP contribution in [0.2, 0.25) is 0 Å². The lowest BCUT2D eigenvalue weighted by Gasteiger charge is -2.28. The van der Waals surface area contributed by atoms with Gasteiger partial charge in [0, 0.05) is 16.7 Å². The number of nitrogens with zero attached hydrogens (tertiary/aromatic N) is 2. The molecule has 4 nitrogen and oxygen atoms in total. The normalized spacial score (nSPS) is 16.5. The van der Waals surface area contributed by atoms with Crippen LogP contribution in [0.1, 0.15) is 31.5 Å². The van der Waals surface area contributed by atoms with Crippen molar-refractivity contribution >= 4 is 26.0 Å². The molecule has 23 heavy (non-hydrogen) atoms. The van der Waals surface area contributed by atoms with Crippen LogP contribution < -0.4 is 0 Å². The summed E-state index contributed by atoms with van der Waals surface area (Å²) in [7, 11) is -3.95. The molecule has 0 radical (unpaired) electrons. The van der Waals surface area contributed by atoms with Crippen molar-refractivity contribution in [3.8, 4) is 0 Å². The highest BCUT2D eigenvalue weighted by atomic mass is 79.9. The Bertz CT molecular complexity index is 810. The van der Waals surface area contributed by atoms with Gasteiger partial charge in [0.25, 0.3) is 0 Å². The second-order valence-corrected chi connectivity index (χ2v) is 8.30. The summed E-state index contributed by atoms with van der Waals surface area (Å²) in [4.78, 5) is 3.94. The van der Waals surface area contributed by atoms with E-state index < -0.39 is 21.9 Å². The maximum absolute atomic E-state index is 14.1. The zero-order chi connectivity index (χ0) is 16.6. The van der Waals surface area contributed by atoms with Crippen LogP contribution in [-0.4, -0.2) is 23.7 Å². The Morgan fingerprint density at radius 3 is 2.65 bits per heavy atom. The van der Waals surface area contributed by atoms with Crippen molar-refractivity contribution in [2.24, 2.45) is 0 Å². The van der Waals surface area contributed by atoms with Crippen molar-refractivity contribution in [2.45, 2.75) is 36.7 Å². The first kappa shape index (κ1) is 16.5. The summed E-state index contributed by atoms with van der Waals surface area (Å²) >= 11 is 3.21. The van der Waals surface area contributed by atoms with E-state index in [4.69, 9.17) is 0 Å². The summed E-state index contributed by atoms with van der Waals surface area (Å²) in [6, 6.07) is 8.78. The summed E-state index contributed by atoms with van der Waals surface area (Å²) in [6.07, 6.45) is 3.20. The molecule has 0 aliphatic heterocycles. The van der Waals surface area contributed by atoms with Gasteiger partial charge in [0.2, 0.25) is 10.0 Å². The van der Waals surface area contributed by atoms with E-state index in [2.05, 4.69) is 20.9 Å². The molecule has 1 saturated carbocycles. The van der Waals surface area contributed by atoms with E-state index in [0.717, 1.165) is 18.9 Å². The van der Waals surface area contributed by atoms with Gasteiger partial charge in [0.1, 0.15) is 10.7 Å². The molecular weight excluding hydrogens is 383 g/mol. The van der Waals surface area contributed by atoms with Gasteiger partial charge in [-0.2, -0.15) is 4.31 Å². The second-order valence-electron chi connectivity index (χ2n) is 5.57. The van der Waals surface area contributed by atoms with E-state index in [0.29, 0.717) is 10.2 Å². The van der Waals surface area contributed by atoms with Gasteiger partial charge >= 0.3 is 0 Å². The molecule has 122 valence electrons. The van der Waals surface area contributed by atoms with E-state index >= 15 is 0 Å². The third kappa shape index (κ3) is 3.32. The summed E-state index contributed by atoms with van der Waals surface area (Å²) < 4.78 is 42.1. The molecular formula is C16H16BrFN2O2S. The zero-order valence-electron chi connectivity index (χ0n) is 12.5. The second kappa shape index (κ2) is 6.30. The Morgan fingerprint density at radius 2 is 2.04 bits per heavy atom. The standard InChI is InChI=1S/C16H16BrFN2O2S/c1-11(15-4-2-3-9-19-15)20(13-6-7-13)23(21,22)16-10-12(17)5-8-14(16)18/h2-5,8-11,13H,6-7H2,1H3. The quantitative estimate of drug-likeness (QED) is 0.767. The SMILES string of the molecule is CC(c1ccccn1)N(C1CC1)S(=O)(=O)c1cc(Br)ccc1F. The predicted octanol–water partition coefficient (Wildman–Crippen LogP) is 3.90. The largest absolute Gasteiger partial charge is 0.260 e. The molecule has 1 aliphatic rings. The van der Waals surface area contributed by atoms with Gasteiger partial charge in [0.15, 0.2) is 0 Å². The van der Waals surface area contributed by atoms with Crippen molar-refractivity contribution < 1.29 is 12.8 Å². The molecule has 7 heteroatoms. The number of hydrogen-bond acceptors (Lipinski definition) is 3. The monoisotopic (exact) mass is 398 g/mol. The molecule has 2 aromatic rings. The van der Waals surface area contributed by atoms with Crippen LogP contribution in [-0.2, 0) is 10.0 Å². The summed E-state index contributed by atoms with van der Waals surface area (Å²) in [5, 5.41) is 0. The van der Waals surface area contributed by atoms with E-state index in [9.17, 15) is 12.8 Å². The van der Waals surface area contributed by atoms with Crippen LogP contribution in [0.15, 0.2) is 52.0 Å². The first-order valence-electron chi connectivity index (χ1n) is 7.31. The number of benzene rings is 1. The topological polar surface area (TPSA) is 50.3 Å². The highest BCUT2D eigenvalue weighted by Gasteiger charge is 2.43. The molecule has 1 heterocycles. The van der Waals surface area contributed by atoms with Crippen LogP contribution in [0.4, 0.5) is 4.39 Å². The molecule has 1 fully saturated rings. The fraction of sp³-hybridized carbons (Fsp3) is 0.312. The van der Waals surface area contributed by atoms with Crippen molar-refractivity contribution in [1.29, 1.82) is 0 Å². The maximum atomic E-state index is 14.1. The first-order chi connectivity index (χ1) is 10.9. The summed E-state index contributed by atoms with van der Waals surface area (Å²) in [5.41, 5.74) is 0.651. The lowest BCUT2D eigenvalue weighted by Crippen LogP contribution is -2.36. The molecule has 1 unspecified atom stereocenters. The number of rotatable bonds is 5. The van der Waals surface area contributed by atoms with Crippen LogP contribution in [0.5, 0.6) is 0 Å². The van der Waals surface area contributed by atoms with Gasteiger partial charge in [-0.3, -0.25) is 4.98 Å². The van der Waals surface area contributed by atoms with Gasteiger partial charge in [0.05, 0.1) is 11.7 Å². The molecule has 3 rings (SSSR count). The Kier molecular flexibility index (Phi) is 4.53. The number of aromatic nitrogens is 1. The molecule has 1 aromatic heterocycles. The molecule has 0 saturated heterocycles. The van der Waals surface area contributed by atoms with Crippen LogP contribution >= 0.6 is 15.9 Å². The first-order valence-corrected chi connectivity index (χ1v) is 9.54. The molecule has 0 N–H and O–H groups in total. The number of halogens is 2. The smallest absolute Gasteiger partial charge is 0.246 e. The van der Waals surface area contributed by atoms with Crippen LogP contribution in [0.25, 0.3) is 0 Å². The molecule has 0 spiro atoms. The maximum Gasteiger partial charge on any atom is 0.246 e. The van der Waals surface area contributed by atoms with Gasteiger partial charge in [-0.15, -0.1) is 0 Å². The molecule has 1 aliphatic carbocycles. The number of sulfonamides is 1. The third-order valence-electron chi connectivity index (χ3n) is 3.85. The van der Waals surface area contributed by atoms with E-state index in [-0.39, 0.29) is 10.9 Å². The van der Waals surface area contributed by atoms with Gasteiger partial charge in [-0.1, -0.05) is 22.0 Å². The fourth-order valence-electron chi connectivity index (χ4n) is 2.59. The van der Waals surface area contributed by atoms with Crippen molar-refractivity contribution in [3.63, 3.8) is 0 Å². The Balaban J connectivity index is 2.05. The Hall–Kier alpha value is -1.31. The minimum Gasteiger partial charge on any atom is -0.260 e. The third-order valence-corrected chi connectivity index (χ3v) is 6.38. The van der Waals surface area contributed by atoms with E-state index in [1.807, 2.05) is 6.07 Å². The predicted molar refractivity (Wildman–Crippen MR) is 88.8 cm³/mol. The van der Waals surface area contributed by atoms with Crippen molar-refractivity contribution in [3.05, 3.63) is 58.6 Å². The van der Waals surface area contributed by atoms with Gasteiger partial charge in [-0.25, -0.2) is 12.8 Å². The minimum absolute atomic E-state index is 0.101. The number of hydrogen-bond donors (Lipinski definition) is 0. The van der Waals surface area contributed by atoms with Crippen LogP contribution in [0.3, 0.4) is 0 Å². The van der Waals surface area contributed by atoms with E-state index in [1.54, 1.807) is 25.3 Å². The Labute approximate surface area is 143 Å². The van der Waals surface area contributed by atoms with Crippen molar-refractivity contribution in [2.75, 3.05) is 0 Å². The average Bonchev–Trinajstić information content (AvgIpc) is 3.35. The fourth-order valence-corrected chi connectivity index (χ4v) is 5.05. The zero-order valence-corrected chi connectivity index (χ0v) is 14.9.